The normalized spacial score (nSPS) is 13.2. The predicted molar refractivity (Wildman–Crippen MR) is 49.9 cm³/mol. The lowest BCUT2D eigenvalue weighted by Crippen LogP contribution is -2.20. The molecule has 0 saturated heterocycles. The number of nitrogens with one attached hydrogen (secondary N) is 1. The smallest absolute Gasteiger partial charge is 0.0793 e. The first-order valence-electron chi connectivity index (χ1n) is 4.50. The molecule has 0 spiro atoms. The van der Waals surface area contributed by atoms with Gasteiger partial charge in [-0.05, 0) is 19.0 Å². The van der Waals surface area contributed by atoms with Gasteiger partial charge in [-0.2, -0.15) is 5.10 Å². The number of nitrogens with zero attached hydrogens (tertiary/aromatic N) is 2. The van der Waals surface area contributed by atoms with E-state index in [1.54, 1.807) is 0 Å². The van der Waals surface area contributed by atoms with Crippen LogP contribution in [0.25, 0.3) is 0 Å². The van der Waals surface area contributed by atoms with Crippen molar-refractivity contribution >= 4 is 0 Å². The Kier molecular flexibility index (Phi) is 3.29. The molecule has 1 rings (SSSR count). The zero-order chi connectivity index (χ0) is 8.97. The van der Waals surface area contributed by atoms with Gasteiger partial charge in [-0.1, -0.05) is 13.8 Å². The van der Waals surface area contributed by atoms with Crippen LogP contribution >= 0.6 is 0 Å². The summed E-state index contributed by atoms with van der Waals surface area (Å²) in [5.74, 6) is 0. The fraction of sp³-hybridized carbons (Fsp3) is 0.667. The Bertz CT molecular complexity index is 229. The van der Waals surface area contributed by atoms with Crippen LogP contribution in [0.4, 0.5) is 0 Å². The third kappa shape index (κ3) is 2.08. The average molecular weight is 167 g/mol. The van der Waals surface area contributed by atoms with Gasteiger partial charge in [0.2, 0.25) is 0 Å². The van der Waals surface area contributed by atoms with Gasteiger partial charge in [-0.3, -0.25) is 4.68 Å². The topological polar surface area (TPSA) is 29.9 Å². The minimum atomic E-state index is 0.413. The van der Waals surface area contributed by atoms with Crippen molar-refractivity contribution in [3.8, 4) is 0 Å². The molecule has 0 aromatic carbocycles. The molecule has 0 fully saturated rings. The molecule has 1 aromatic rings. The minimum absolute atomic E-state index is 0.413. The van der Waals surface area contributed by atoms with Crippen molar-refractivity contribution in [3.63, 3.8) is 0 Å². The summed E-state index contributed by atoms with van der Waals surface area (Å²) in [5, 5.41) is 7.74. The monoisotopic (exact) mass is 167 g/mol. The van der Waals surface area contributed by atoms with Crippen molar-refractivity contribution in [1.29, 1.82) is 0 Å². The van der Waals surface area contributed by atoms with Gasteiger partial charge in [0.1, 0.15) is 0 Å². The van der Waals surface area contributed by atoms with Crippen LogP contribution in [0.3, 0.4) is 0 Å². The van der Waals surface area contributed by atoms with Crippen LogP contribution in [0.15, 0.2) is 12.3 Å². The van der Waals surface area contributed by atoms with E-state index < -0.39 is 0 Å². The van der Waals surface area contributed by atoms with Gasteiger partial charge in [0.25, 0.3) is 0 Å². The Hall–Kier alpha value is -0.830. The molecular weight excluding hydrogens is 150 g/mol. The van der Waals surface area contributed by atoms with Gasteiger partial charge in [0.05, 0.1) is 11.7 Å². The average Bonchev–Trinajstić information content (AvgIpc) is 2.47. The number of hydrogen-bond acceptors (Lipinski definition) is 2. The van der Waals surface area contributed by atoms with Crippen LogP contribution in [0, 0.1) is 0 Å². The SMILES string of the molecule is CCNC(CC)c1ccn(C)n1. The van der Waals surface area contributed by atoms with Crippen molar-refractivity contribution in [2.45, 2.75) is 26.3 Å². The van der Waals surface area contributed by atoms with Crippen molar-refractivity contribution < 1.29 is 0 Å². The fourth-order valence-electron chi connectivity index (χ4n) is 1.32. The van der Waals surface area contributed by atoms with Crippen LogP contribution in [0.1, 0.15) is 32.0 Å². The van der Waals surface area contributed by atoms with Crippen molar-refractivity contribution in [3.05, 3.63) is 18.0 Å². The van der Waals surface area contributed by atoms with E-state index in [4.69, 9.17) is 0 Å². The molecule has 1 unspecified atom stereocenters. The Morgan fingerprint density at radius 1 is 1.58 bits per heavy atom. The van der Waals surface area contributed by atoms with E-state index in [0.29, 0.717) is 6.04 Å². The van der Waals surface area contributed by atoms with E-state index in [2.05, 4.69) is 30.3 Å². The molecule has 1 atom stereocenters. The Morgan fingerprint density at radius 3 is 2.75 bits per heavy atom. The summed E-state index contributed by atoms with van der Waals surface area (Å²) in [6.07, 6.45) is 3.07. The Morgan fingerprint density at radius 2 is 2.33 bits per heavy atom. The second kappa shape index (κ2) is 4.26. The quantitative estimate of drug-likeness (QED) is 0.736. The van der Waals surface area contributed by atoms with Gasteiger partial charge in [-0.25, -0.2) is 0 Å². The zero-order valence-electron chi connectivity index (χ0n) is 8.04. The van der Waals surface area contributed by atoms with Crippen LogP contribution in [0.5, 0.6) is 0 Å². The number of rotatable bonds is 4. The molecule has 0 amide bonds. The molecule has 1 N–H and O–H groups in total. The molecule has 68 valence electrons. The molecule has 0 bridgehead atoms. The lowest BCUT2D eigenvalue weighted by atomic mass is 10.1. The summed E-state index contributed by atoms with van der Waals surface area (Å²) >= 11 is 0. The summed E-state index contributed by atoms with van der Waals surface area (Å²) in [6, 6.07) is 2.48. The molecule has 1 heterocycles. The summed E-state index contributed by atoms with van der Waals surface area (Å²) < 4.78 is 1.84. The molecule has 0 aliphatic rings. The number of hydrogen-bond donors (Lipinski definition) is 1. The van der Waals surface area contributed by atoms with E-state index in [1.807, 2.05) is 17.9 Å². The van der Waals surface area contributed by atoms with Gasteiger partial charge in [0, 0.05) is 13.2 Å². The van der Waals surface area contributed by atoms with Crippen LogP contribution < -0.4 is 5.32 Å². The summed E-state index contributed by atoms with van der Waals surface area (Å²) in [6.45, 7) is 5.28. The first-order valence-corrected chi connectivity index (χ1v) is 4.50. The number of aromatic nitrogens is 2. The molecule has 0 aliphatic heterocycles. The van der Waals surface area contributed by atoms with Crippen molar-refractivity contribution in [2.75, 3.05) is 6.54 Å². The van der Waals surface area contributed by atoms with Crippen molar-refractivity contribution in [1.82, 2.24) is 15.1 Å². The Labute approximate surface area is 73.8 Å². The standard InChI is InChI=1S/C9H17N3/c1-4-8(10-5-2)9-6-7-12(3)11-9/h6-8,10H,4-5H2,1-3H3. The maximum atomic E-state index is 4.35. The highest BCUT2D eigenvalue weighted by molar-refractivity contribution is 5.04. The van der Waals surface area contributed by atoms with Crippen molar-refractivity contribution in [2.24, 2.45) is 7.05 Å². The van der Waals surface area contributed by atoms with Gasteiger partial charge in [0.15, 0.2) is 0 Å². The maximum absolute atomic E-state index is 4.35. The van der Waals surface area contributed by atoms with E-state index in [1.165, 1.54) is 0 Å². The van der Waals surface area contributed by atoms with Gasteiger partial charge in [-0.15, -0.1) is 0 Å². The summed E-state index contributed by atoms with van der Waals surface area (Å²) in [7, 11) is 1.95. The van der Waals surface area contributed by atoms with Crippen LogP contribution in [-0.2, 0) is 7.05 Å². The molecule has 1 aromatic heterocycles. The second-order valence-electron chi connectivity index (χ2n) is 2.93. The minimum Gasteiger partial charge on any atom is -0.309 e. The summed E-state index contributed by atoms with van der Waals surface area (Å²) in [5.41, 5.74) is 1.14. The third-order valence-corrected chi connectivity index (χ3v) is 1.95. The van der Waals surface area contributed by atoms with Crippen LogP contribution in [-0.4, -0.2) is 16.3 Å². The van der Waals surface area contributed by atoms with E-state index in [0.717, 1.165) is 18.7 Å². The third-order valence-electron chi connectivity index (χ3n) is 1.95. The van der Waals surface area contributed by atoms with E-state index in [-0.39, 0.29) is 0 Å². The molecule has 3 nitrogen and oxygen atoms in total. The maximum Gasteiger partial charge on any atom is 0.0793 e. The lowest BCUT2D eigenvalue weighted by molar-refractivity contribution is 0.517. The number of aryl methyl sites for hydroxylation is 1. The van der Waals surface area contributed by atoms with E-state index >= 15 is 0 Å². The molecule has 3 heteroatoms. The highest BCUT2D eigenvalue weighted by Crippen LogP contribution is 2.12. The molecule has 0 aliphatic carbocycles. The van der Waals surface area contributed by atoms with Gasteiger partial charge < -0.3 is 5.32 Å². The predicted octanol–water partition coefficient (Wildman–Crippen LogP) is 1.48. The molecule has 0 saturated carbocycles. The summed E-state index contributed by atoms with van der Waals surface area (Å²) in [4.78, 5) is 0. The van der Waals surface area contributed by atoms with Gasteiger partial charge >= 0.3 is 0 Å². The molecule has 12 heavy (non-hydrogen) atoms. The largest absolute Gasteiger partial charge is 0.309 e. The highest BCUT2D eigenvalue weighted by atomic mass is 15.3. The molecular formula is C9H17N3. The van der Waals surface area contributed by atoms with Crippen LogP contribution in [0.2, 0.25) is 0 Å². The fourth-order valence-corrected chi connectivity index (χ4v) is 1.32. The Balaban J connectivity index is 2.66. The molecule has 0 radical (unpaired) electrons. The second-order valence-corrected chi connectivity index (χ2v) is 2.93. The van der Waals surface area contributed by atoms with E-state index in [9.17, 15) is 0 Å². The zero-order valence-corrected chi connectivity index (χ0v) is 8.04. The first kappa shape index (κ1) is 9.26. The first-order chi connectivity index (χ1) is 5.77. The lowest BCUT2D eigenvalue weighted by Gasteiger charge is -2.12. The highest BCUT2D eigenvalue weighted by Gasteiger charge is 2.09.